The second kappa shape index (κ2) is 6.83. The number of hydrogen-bond acceptors (Lipinski definition) is 4. The first-order valence-corrected chi connectivity index (χ1v) is 5.55. The van der Waals surface area contributed by atoms with E-state index in [1.807, 2.05) is 13.8 Å². The van der Waals surface area contributed by atoms with Gasteiger partial charge in [-0.15, -0.1) is 0 Å². The minimum absolute atomic E-state index is 0.0870. The second-order valence-corrected chi connectivity index (χ2v) is 4.73. The number of amides is 1. The van der Waals surface area contributed by atoms with Gasteiger partial charge in [0.2, 0.25) is 5.91 Å². The summed E-state index contributed by atoms with van der Waals surface area (Å²) in [6.07, 6.45) is 0.473. The molecular weight excluding hydrogens is 208 g/mol. The van der Waals surface area contributed by atoms with E-state index in [-0.39, 0.29) is 18.4 Å². The van der Waals surface area contributed by atoms with Crippen molar-refractivity contribution in [2.75, 3.05) is 20.3 Å². The van der Waals surface area contributed by atoms with Crippen LogP contribution in [0.4, 0.5) is 0 Å². The first kappa shape index (κ1) is 15.3. The SMILES string of the molecule is COCCC(C)(O)CNC(=O)[C@H](N)C(C)C. The molecule has 0 aliphatic rings. The standard InChI is InChI=1S/C11H24N2O3/c1-8(2)9(12)10(14)13-7-11(3,15)5-6-16-4/h8-9,15H,5-7,12H2,1-4H3,(H,13,14)/t9-,11?/m1/s1. The van der Waals surface area contributed by atoms with Crippen LogP contribution in [0.3, 0.4) is 0 Å². The molecule has 1 amide bonds. The lowest BCUT2D eigenvalue weighted by atomic mass is 10.0. The number of carbonyl (C=O) groups is 1. The zero-order chi connectivity index (χ0) is 12.8. The summed E-state index contributed by atoms with van der Waals surface area (Å²) in [4.78, 5) is 11.5. The normalized spacial score (nSPS) is 16.9. The van der Waals surface area contributed by atoms with E-state index in [1.54, 1.807) is 14.0 Å². The Kier molecular flexibility index (Phi) is 6.55. The van der Waals surface area contributed by atoms with E-state index in [0.29, 0.717) is 13.0 Å². The Hall–Kier alpha value is -0.650. The smallest absolute Gasteiger partial charge is 0.237 e. The van der Waals surface area contributed by atoms with Gasteiger partial charge in [-0.25, -0.2) is 0 Å². The van der Waals surface area contributed by atoms with Crippen LogP contribution in [0.1, 0.15) is 27.2 Å². The zero-order valence-corrected chi connectivity index (χ0v) is 10.6. The maximum atomic E-state index is 11.5. The molecule has 2 atom stereocenters. The third-order valence-corrected chi connectivity index (χ3v) is 2.51. The van der Waals surface area contributed by atoms with Crippen LogP contribution in [0.15, 0.2) is 0 Å². The number of nitrogens with one attached hydrogen (secondary N) is 1. The van der Waals surface area contributed by atoms with E-state index >= 15 is 0 Å². The average Bonchev–Trinajstić information content (AvgIpc) is 2.22. The van der Waals surface area contributed by atoms with Gasteiger partial charge in [0, 0.05) is 26.7 Å². The molecule has 1 unspecified atom stereocenters. The highest BCUT2D eigenvalue weighted by molar-refractivity contribution is 5.81. The van der Waals surface area contributed by atoms with Gasteiger partial charge in [-0.3, -0.25) is 4.79 Å². The Morgan fingerprint density at radius 2 is 2.12 bits per heavy atom. The van der Waals surface area contributed by atoms with E-state index in [2.05, 4.69) is 5.32 Å². The predicted molar refractivity (Wildman–Crippen MR) is 62.9 cm³/mol. The summed E-state index contributed by atoms with van der Waals surface area (Å²) in [5.41, 5.74) is 4.72. The molecule has 0 aromatic rings. The van der Waals surface area contributed by atoms with Gasteiger partial charge in [-0.05, 0) is 12.8 Å². The number of ether oxygens (including phenoxy) is 1. The Bertz CT molecular complexity index is 217. The molecule has 0 radical (unpaired) electrons. The van der Waals surface area contributed by atoms with Gasteiger partial charge in [-0.1, -0.05) is 13.8 Å². The fourth-order valence-corrected chi connectivity index (χ4v) is 1.11. The van der Waals surface area contributed by atoms with Crippen molar-refractivity contribution in [1.82, 2.24) is 5.32 Å². The van der Waals surface area contributed by atoms with Crippen LogP contribution in [0, 0.1) is 5.92 Å². The fourth-order valence-electron chi connectivity index (χ4n) is 1.11. The first-order chi connectivity index (χ1) is 7.30. The lowest BCUT2D eigenvalue weighted by molar-refractivity contribution is -0.124. The van der Waals surface area contributed by atoms with Crippen LogP contribution in [-0.2, 0) is 9.53 Å². The molecule has 0 bridgehead atoms. The molecule has 5 nitrogen and oxygen atoms in total. The van der Waals surface area contributed by atoms with E-state index in [0.717, 1.165) is 0 Å². The molecule has 0 rings (SSSR count). The van der Waals surface area contributed by atoms with Gasteiger partial charge in [0.15, 0.2) is 0 Å². The van der Waals surface area contributed by atoms with Gasteiger partial charge >= 0.3 is 0 Å². The maximum absolute atomic E-state index is 11.5. The summed E-state index contributed by atoms with van der Waals surface area (Å²) in [6.45, 7) is 6.07. The van der Waals surface area contributed by atoms with Gasteiger partial charge in [0.05, 0.1) is 11.6 Å². The molecule has 16 heavy (non-hydrogen) atoms. The lowest BCUT2D eigenvalue weighted by Gasteiger charge is -2.24. The van der Waals surface area contributed by atoms with E-state index in [4.69, 9.17) is 10.5 Å². The van der Waals surface area contributed by atoms with Crippen LogP contribution in [0.25, 0.3) is 0 Å². The van der Waals surface area contributed by atoms with Crippen molar-refractivity contribution in [1.29, 1.82) is 0 Å². The van der Waals surface area contributed by atoms with Gasteiger partial charge in [-0.2, -0.15) is 0 Å². The minimum atomic E-state index is -0.956. The van der Waals surface area contributed by atoms with Gasteiger partial charge < -0.3 is 20.9 Å². The Morgan fingerprint density at radius 1 is 1.56 bits per heavy atom. The molecule has 0 fully saturated rings. The second-order valence-electron chi connectivity index (χ2n) is 4.73. The number of carbonyl (C=O) groups excluding carboxylic acids is 1. The van der Waals surface area contributed by atoms with Gasteiger partial charge in [0.25, 0.3) is 0 Å². The molecule has 0 heterocycles. The van der Waals surface area contributed by atoms with E-state index in [9.17, 15) is 9.90 Å². The van der Waals surface area contributed by atoms with Crippen molar-refractivity contribution in [2.45, 2.75) is 38.8 Å². The molecule has 96 valence electrons. The fraction of sp³-hybridized carbons (Fsp3) is 0.909. The molecule has 0 saturated carbocycles. The average molecular weight is 232 g/mol. The predicted octanol–water partition coefficient (Wildman–Crippen LogP) is -0.127. The Morgan fingerprint density at radius 3 is 2.56 bits per heavy atom. The highest BCUT2D eigenvalue weighted by Crippen LogP contribution is 2.08. The van der Waals surface area contributed by atoms with Crippen LogP contribution in [0.5, 0.6) is 0 Å². The largest absolute Gasteiger partial charge is 0.388 e. The molecule has 5 heteroatoms. The van der Waals surface area contributed by atoms with E-state index < -0.39 is 11.6 Å². The van der Waals surface area contributed by atoms with Crippen molar-refractivity contribution in [3.63, 3.8) is 0 Å². The maximum Gasteiger partial charge on any atom is 0.237 e. The summed E-state index contributed by atoms with van der Waals surface area (Å²) >= 11 is 0. The van der Waals surface area contributed by atoms with Gasteiger partial charge in [0.1, 0.15) is 0 Å². The summed E-state index contributed by atoms with van der Waals surface area (Å²) in [5, 5.41) is 12.5. The topological polar surface area (TPSA) is 84.6 Å². The molecule has 0 aliphatic carbocycles. The van der Waals surface area contributed by atoms with Crippen molar-refractivity contribution in [3.8, 4) is 0 Å². The van der Waals surface area contributed by atoms with Crippen molar-refractivity contribution in [3.05, 3.63) is 0 Å². The highest BCUT2D eigenvalue weighted by Gasteiger charge is 2.23. The molecule has 0 aromatic carbocycles. The monoisotopic (exact) mass is 232 g/mol. The lowest BCUT2D eigenvalue weighted by Crippen LogP contribution is -2.49. The number of rotatable bonds is 7. The van der Waals surface area contributed by atoms with Crippen molar-refractivity contribution >= 4 is 5.91 Å². The van der Waals surface area contributed by atoms with E-state index in [1.165, 1.54) is 0 Å². The Labute approximate surface area is 97.3 Å². The molecule has 0 aliphatic heterocycles. The molecule has 4 N–H and O–H groups in total. The van der Waals surface area contributed by atoms with Crippen LogP contribution in [0.2, 0.25) is 0 Å². The van der Waals surface area contributed by atoms with Crippen LogP contribution < -0.4 is 11.1 Å². The van der Waals surface area contributed by atoms with Crippen LogP contribution in [-0.4, -0.2) is 42.9 Å². The number of hydrogen-bond donors (Lipinski definition) is 3. The molecular formula is C11H24N2O3. The summed E-state index contributed by atoms with van der Waals surface area (Å²) < 4.78 is 4.87. The molecule has 0 saturated heterocycles. The number of aliphatic hydroxyl groups is 1. The van der Waals surface area contributed by atoms with Crippen molar-refractivity contribution < 1.29 is 14.6 Å². The molecule has 0 aromatic heterocycles. The van der Waals surface area contributed by atoms with Crippen LogP contribution >= 0.6 is 0 Å². The third kappa shape index (κ3) is 6.05. The molecule has 0 spiro atoms. The quantitative estimate of drug-likeness (QED) is 0.571. The minimum Gasteiger partial charge on any atom is -0.388 e. The number of nitrogens with two attached hydrogens (primary N) is 1. The third-order valence-electron chi connectivity index (χ3n) is 2.51. The van der Waals surface area contributed by atoms with Crippen molar-refractivity contribution in [2.24, 2.45) is 11.7 Å². The summed E-state index contributed by atoms with van der Waals surface area (Å²) in [5.74, 6) is -0.142. The summed E-state index contributed by atoms with van der Waals surface area (Å²) in [6, 6.07) is -0.529. The summed E-state index contributed by atoms with van der Waals surface area (Å²) in [7, 11) is 1.57. The highest BCUT2D eigenvalue weighted by atomic mass is 16.5. The Balaban J connectivity index is 3.99. The number of methoxy groups -OCH3 is 1. The zero-order valence-electron chi connectivity index (χ0n) is 10.6. The first-order valence-electron chi connectivity index (χ1n) is 5.55.